The highest BCUT2D eigenvalue weighted by atomic mass is 32.1. The van der Waals surface area contributed by atoms with Gasteiger partial charge in [-0.15, -0.1) is 0 Å². The van der Waals surface area contributed by atoms with Gasteiger partial charge in [-0.1, -0.05) is 69.2 Å². The number of ether oxygens (including phenoxy) is 8. The average Bonchev–Trinajstić information content (AvgIpc) is 3.07. The predicted molar refractivity (Wildman–Crippen MR) is 331 cm³/mol. The number of hydrazone groups is 1. The van der Waals surface area contributed by atoms with Gasteiger partial charge in [0.25, 0.3) is 0 Å². The van der Waals surface area contributed by atoms with Gasteiger partial charge in [0.2, 0.25) is 11.0 Å². The third-order valence-electron chi connectivity index (χ3n) is 15.2. The molecule has 1 heterocycles. The van der Waals surface area contributed by atoms with Crippen LogP contribution in [0.15, 0.2) is 121 Å². The minimum atomic E-state index is -0.523. The van der Waals surface area contributed by atoms with Gasteiger partial charge in [-0.25, -0.2) is 14.6 Å². The number of para-hydroxylation sites is 1. The Labute approximate surface area is 513 Å². The van der Waals surface area contributed by atoms with E-state index >= 15 is 0 Å². The van der Waals surface area contributed by atoms with Gasteiger partial charge in [0.05, 0.1) is 66.5 Å². The number of aromatic nitrogens is 1. The first kappa shape index (κ1) is 66.3. The molecule has 18 nitrogen and oxygen atoms in total. The highest BCUT2D eigenvalue weighted by Gasteiger charge is 2.34. The fourth-order valence-electron chi connectivity index (χ4n) is 10.1. The van der Waals surface area contributed by atoms with Gasteiger partial charge >= 0.3 is 35.8 Å². The van der Waals surface area contributed by atoms with Crippen molar-refractivity contribution in [3.05, 3.63) is 122 Å². The van der Waals surface area contributed by atoms with Gasteiger partial charge in [0.15, 0.2) is 0 Å². The summed E-state index contributed by atoms with van der Waals surface area (Å²) >= 11 is 1.33. The Bertz CT molecular complexity index is 3050. The third kappa shape index (κ3) is 22.2. The minimum Gasteiger partial charge on any atom is -0.494 e. The Morgan fingerprint density at radius 2 is 0.943 bits per heavy atom. The maximum atomic E-state index is 14.0. The second-order valence-electron chi connectivity index (χ2n) is 21.8. The van der Waals surface area contributed by atoms with Gasteiger partial charge in [0.1, 0.15) is 34.5 Å². The van der Waals surface area contributed by atoms with Crippen LogP contribution in [0.1, 0.15) is 154 Å². The summed E-state index contributed by atoms with van der Waals surface area (Å²) in [6.07, 6.45) is 18.8. The maximum Gasteiger partial charge on any atom is 0.330 e. The molecule has 2 fully saturated rings. The van der Waals surface area contributed by atoms with Crippen LogP contribution in [0, 0.1) is 23.7 Å². The van der Waals surface area contributed by atoms with Crippen molar-refractivity contribution in [1.29, 1.82) is 0 Å². The van der Waals surface area contributed by atoms with Crippen LogP contribution in [-0.4, -0.2) is 79.3 Å². The summed E-state index contributed by atoms with van der Waals surface area (Å²) in [5.41, 5.74) is 0.987. The van der Waals surface area contributed by atoms with E-state index in [-0.39, 0.29) is 41.3 Å². The van der Waals surface area contributed by atoms with Gasteiger partial charge in [-0.2, -0.15) is 10.1 Å². The van der Waals surface area contributed by atoms with Crippen molar-refractivity contribution in [2.24, 2.45) is 28.8 Å². The monoisotopic (exact) mass is 1210 g/mol. The summed E-state index contributed by atoms with van der Waals surface area (Å²) in [7, 11) is 0. The molecule has 0 radical (unpaired) electrons. The fourth-order valence-corrected chi connectivity index (χ4v) is 11.1. The van der Waals surface area contributed by atoms with E-state index in [2.05, 4.69) is 20.1 Å². The van der Waals surface area contributed by atoms with E-state index < -0.39 is 47.5 Å². The number of hydrogen-bond acceptors (Lipinski definition) is 18. The van der Waals surface area contributed by atoms with Crippen LogP contribution in [0.4, 0.5) is 5.13 Å². The molecule has 0 bridgehead atoms. The predicted octanol–water partition coefficient (Wildman–Crippen LogP) is 14.0. The molecule has 464 valence electrons. The summed E-state index contributed by atoms with van der Waals surface area (Å²) in [5, 5.41) is 6.36. The Kier molecular flexibility index (Phi) is 27.5. The summed E-state index contributed by atoms with van der Waals surface area (Å²) in [5.74, 6) is -2.27. The minimum absolute atomic E-state index is 0.132. The molecule has 2 saturated carbocycles. The molecule has 2 aliphatic carbocycles. The maximum absolute atomic E-state index is 14.0. The second-order valence-corrected chi connectivity index (χ2v) is 22.8. The molecule has 0 aliphatic heterocycles. The molecule has 1 amide bonds. The van der Waals surface area contributed by atoms with Crippen molar-refractivity contribution < 1.29 is 71.5 Å². The first-order valence-electron chi connectivity index (χ1n) is 30.7. The van der Waals surface area contributed by atoms with Crippen molar-refractivity contribution in [2.45, 2.75) is 148 Å². The van der Waals surface area contributed by atoms with Crippen molar-refractivity contribution in [3.8, 4) is 34.5 Å². The second kappa shape index (κ2) is 36.1. The quantitative estimate of drug-likeness (QED) is 0.00919. The molecule has 0 atom stereocenters. The van der Waals surface area contributed by atoms with Crippen LogP contribution in [0.3, 0.4) is 0 Å². The number of unbranched alkanes of at least 4 members (excludes halogenated alkanes) is 10. The van der Waals surface area contributed by atoms with E-state index in [1.165, 1.54) is 28.6 Å². The molecule has 87 heavy (non-hydrogen) atoms. The van der Waals surface area contributed by atoms with E-state index in [1.807, 2.05) is 24.3 Å². The molecule has 19 heteroatoms. The van der Waals surface area contributed by atoms with Gasteiger partial charge < -0.3 is 37.9 Å². The van der Waals surface area contributed by atoms with Crippen molar-refractivity contribution in [3.63, 3.8) is 0 Å². The standard InChI is InChI=1S/C68H81N3O15S/c1-4-7-8-9-14-23-61(72)71(68-70-58-21-15-16-22-60(58)87-68)69-47-52-46-57(85-66(77)50-26-24-48(25-27-50)64(75)83-55-36-32-53(33-37-55)79-42-17-10-12-19-44-81-62(73)5-2)40-41-59(52)86-67(78)51-30-28-49(29-31-51)65(76)84-56-38-34-54(35-39-56)80-43-18-11-13-20-45-82-63(74)6-3/h5-6,15-16,21-22,32-41,46-51H,2-4,7-14,17-20,23-31,42-45H2,1H3. The molecule has 0 N–H and O–H groups in total. The highest BCUT2D eigenvalue weighted by Crippen LogP contribution is 2.36. The first-order chi connectivity index (χ1) is 42.4. The summed E-state index contributed by atoms with van der Waals surface area (Å²) in [6, 6.07) is 26.0. The zero-order chi connectivity index (χ0) is 61.6. The number of rotatable bonds is 35. The number of benzene rings is 4. The fraction of sp³-hybridized carbons (Fsp3) is 0.456. The Morgan fingerprint density at radius 3 is 1.43 bits per heavy atom. The topological polar surface area (TPSA) is 222 Å². The molecule has 7 rings (SSSR count). The number of hydrogen-bond donors (Lipinski definition) is 0. The number of fused-ring (bicyclic) bond motifs is 1. The molecular formula is C68H81N3O15S. The number of thiazole rings is 1. The Balaban J connectivity index is 0.934. The Morgan fingerprint density at radius 1 is 0.517 bits per heavy atom. The third-order valence-corrected chi connectivity index (χ3v) is 16.2. The van der Waals surface area contributed by atoms with Crippen molar-refractivity contribution >= 4 is 74.6 Å². The summed E-state index contributed by atoms with van der Waals surface area (Å²) in [6.45, 7) is 10.7. The lowest BCUT2D eigenvalue weighted by atomic mass is 9.82. The number of anilines is 1. The lowest BCUT2D eigenvalue weighted by Gasteiger charge is -2.26. The lowest BCUT2D eigenvalue weighted by molar-refractivity contribution is -0.145. The number of carbonyl (C=O) groups excluding carboxylic acids is 7. The smallest absolute Gasteiger partial charge is 0.330 e. The molecule has 1 aromatic heterocycles. The number of carbonyl (C=O) groups is 7. The van der Waals surface area contributed by atoms with Crippen LogP contribution < -0.4 is 33.4 Å². The molecule has 0 unspecified atom stereocenters. The molecular weight excluding hydrogens is 1130 g/mol. The molecule has 0 spiro atoms. The molecule has 2 aliphatic rings. The van der Waals surface area contributed by atoms with Gasteiger partial charge in [0, 0.05) is 24.1 Å². The van der Waals surface area contributed by atoms with Crippen LogP contribution in [0.5, 0.6) is 34.5 Å². The zero-order valence-corrected chi connectivity index (χ0v) is 50.7. The van der Waals surface area contributed by atoms with Gasteiger partial charge in [-0.3, -0.25) is 24.0 Å². The molecule has 4 aromatic carbocycles. The van der Waals surface area contributed by atoms with E-state index in [4.69, 9.17) is 48.0 Å². The largest absolute Gasteiger partial charge is 0.494 e. The van der Waals surface area contributed by atoms with Crippen LogP contribution in [0.2, 0.25) is 0 Å². The van der Waals surface area contributed by atoms with Gasteiger partial charge in [-0.05, 0) is 188 Å². The normalized spacial score (nSPS) is 16.5. The number of esters is 6. The molecule has 5 aromatic rings. The lowest BCUT2D eigenvalue weighted by Crippen LogP contribution is -2.30. The zero-order valence-electron chi connectivity index (χ0n) is 49.9. The molecule has 0 saturated heterocycles. The SMILES string of the molecule is C=CC(=O)OCCCCCCOc1ccc(OC(=O)C2CCC(C(=O)Oc3ccc(OC(=O)C4CCC(C(=O)Oc5ccc(OCCCCCCOC(=O)C=C)cc5)CC4)c(C=NN(C(=O)CCCCCCC)c4nc5ccccc5s4)c3)CC2)cc1. The van der Waals surface area contributed by atoms with Crippen molar-refractivity contribution in [1.82, 2.24) is 4.98 Å². The van der Waals surface area contributed by atoms with E-state index in [9.17, 15) is 33.6 Å². The van der Waals surface area contributed by atoms with E-state index in [0.717, 1.165) is 93.9 Å². The van der Waals surface area contributed by atoms with Crippen molar-refractivity contribution in [2.75, 3.05) is 31.4 Å². The number of amides is 1. The van der Waals surface area contributed by atoms with Crippen LogP contribution in [0.25, 0.3) is 10.2 Å². The summed E-state index contributed by atoms with van der Waals surface area (Å²) in [4.78, 5) is 95.5. The Hall–Kier alpha value is -8.19. The average molecular weight is 1210 g/mol. The highest BCUT2D eigenvalue weighted by molar-refractivity contribution is 7.22. The van der Waals surface area contributed by atoms with Crippen LogP contribution in [-0.2, 0) is 43.0 Å². The summed E-state index contributed by atoms with van der Waals surface area (Å²) < 4.78 is 46.1. The van der Waals surface area contributed by atoms with E-state index in [0.29, 0.717) is 118 Å². The van der Waals surface area contributed by atoms with Crippen LogP contribution >= 0.6 is 11.3 Å². The first-order valence-corrected chi connectivity index (χ1v) is 31.5. The number of nitrogens with zero attached hydrogens (tertiary/aromatic N) is 3. The van der Waals surface area contributed by atoms with E-state index in [1.54, 1.807) is 60.7 Å².